The highest BCUT2D eigenvalue weighted by atomic mass is 32.1. The highest BCUT2D eigenvalue weighted by Gasteiger charge is 2.46. The highest BCUT2D eigenvalue weighted by Crippen LogP contribution is 2.57. The Balaban J connectivity index is 0.989. The van der Waals surface area contributed by atoms with Gasteiger partial charge < -0.3 is 9.32 Å². The van der Waals surface area contributed by atoms with E-state index < -0.39 is 5.41 Å². The first kappa shape index (κ1) is 36.7. The minimum Gasteiger partial charge on any atom is -0.456 e. The van der Waals surface area contributed by atoms with E-state index in [9.17, 15) is 0 Å². The van der Waals surface area contributed by atoms with Gasteiger partial charge >= 0.3 is 0 Å². The van der Waals surface area contributed by atoms with Gasteiger partial charge in [-0.3, -0.25) is 0 Å². The molecule has 0 saturated carbocycles. The van der Waals surface area contributed by atoms with E-state index in [1.54, 1.807) is 0 Å². The smallest absolute Gasteiger partial charge is 0.136 e. The van der Waals surface area contributed by atoms with E-state index in [2.05, 4.69) is 229 Å². The molecule has 2 heterocycles. The number of anilines is 3. The Hall–Kier alpha value is -7.98. The monoisotopic (exact) mass is 833 g/mol. The van der Waals surface area contributed by atoms with Crippen LogP contribution in [-0.4, -0.2) is 0 Å². The van der Waals surface area contributed by atoms with Crippen molar-refractivity contribution in [1.29, 1.82) is 0 Å². The molecule has 64 heavy (non-hydrogen) atoms. The Morgan fingerprint density at radius 1 is 0.344 bits per heavy atom. The number of thiophene rings is 1. The standard InChI is InChI=1S/C61H39NOS/c1-3-15-42(16-4-1)61(43-17-5-2-6-18-43)53-24-10-7-19-49(53)52-39-46(37-38-54(52)61)62(44-33-29-40(30-34-44)47-22-13-26-56-59(47)50-20-8-11-25-55(50)63-56)45-35-31-41(32-36-45)48-23-14-28-58-60(48)51-21-9-12-27-57(51)64-58/h1-39H. The Labute approximate surface area is 375 Å². The number of rotatable bonds is 7. The van der Waals surface area contributed by atoms with Gasteiger partial charge in [-0.15, -0.1) is 11.3 Å². The number of furan rings is 1. The summed E-state index contributed by atoms with van der Waals surface area (Å²) in [6, 6.07) is 86.5. The van der Waals surface area contributed by atoms with E-state index in [0.29, 0.717) is 0 Å². The molecular weight excluding hydrogens is 795 g/mol. The SMILES string of the molecule is c1ccc(C2(c3ccccc3)c3ccccc3-c3cc(N(c4ccc(-c5cccc6oc7ccccc7c56)cc4)c4ccc(-c5cccc6sc7ccccc7c56)cc4)ccc32)cc1. The molecule has 0 fully saturated rings. The van der Waals surface area contributed by atoms with Gasteiger partial charge in [0, 0.05) is 48.0 Å². The maximum atomic E-state index is 6.30. The van der Waals surface area contributed by atoms with Gasteiger partial charge in [-0.2, -0.15) is 0 Å². The third-order valence-electron chi connectivity index (χ3n) is 13.4. The van der Waals surface area contributed by atoms with Crippen LogP contribution in [0.4, 0.5) is 17.1 Å². The highest BCUT2D eigenvalue weighted by molar-refractivity contribution is 7.25. The van der Waals surface area contributed by atoms with E-state index in [1.165, 1.54) is 64.7 Å². The molecular formula is C61H39NOS. The fourth-order valence-electron chi connectivity index (χ4n) is 10.6. The summed E-state index contributed by atoms with van der Waals surface area (Å²) in [5.74, 6) is 0. The lowest BCUT2D eigenvalue weighted by atomic mass is 9.68. The van der Waals surface area contributed by atoms with Gasteiger partial charge in [-0.05, 0) is 116 Å². The zero-order valence-corrected chi connectivity index (χ0v) is 35.6. The van der Waals surface area contributed by atoms with E-state index in [-0.39, 0.29) is 0 Å². The lowest BCUT2D eigenvalue weighted by Gasteiger charge is -2.34. The second kappa shape index (κ2) is 14.6. The number of nitrogens with zero attached hydrogens (tertiary/aromatic N) is 1. The van der Waals surface area contributed by atoms with Crippen molar-refractivity contribution in [3.8, 4) is 33.4 Å². The molecule has 0 aliphatic heterocycles. The van der Waals surface area contributed by atoms with Gasteiger partial charge in [0.15, 0.2) is 0 Å². The molecule has 1 aliphatic rings. The third-order valence-corrected chi connectivity index (χ3v) is 14.5. The molecule has 1 aliphatic carbocycles. The molecule has 2 nitrogen and oxygen atoms in total. The van der Waals surface area contributed by atoms with Crippen molar-refractivity contribution in [3.63, 3.8) is 0 Å². The summed E-state index contributed by atoms with van der Waals surface area (Å²) in [5.41, 5.74) is 17.0. The summed E-state index contributed by atoms with van der Waals surface area (Å²) < 4.78 is 8.92. The molecule has 0 saturated heterocycles. The van der Waals surface area contributed by atoms with Crippen molar-refractivity contribution in [2.24, 2.45) is 0 Å². The first-order chi connectivity index (χ1) is 31.7. The molecule has 0 N–H and O–H groups in total. The molecule has 0 radical (unpaired) electrons. The summed E-state index contributed by atoms with van der Waals surface area (Å²) in [5, 5.41) is 4.90. The lowest BCUT2D eigenvalue weighted by Crippen LogP contribution is -2.28. The summed E-state index contributed by atoms with van der Waals surface area (Å²) in [7, 11) is 0. The van der Waals surface area contributed by atoms with Crippen LogP contribution in [0.25, 0.3) is 75.5 Å². The zero-order chi connectivity index (χ0) is 42.2. The maximum absolute atomic E-state index is 6.30. The number of para-hydroxylation sites is 1. The summed E-state index contributed by atoms with van der Waals surface area (Å²) >= 11 is 1.86. The molecule has 0 unspecified atom stereocenters. The Morgan fingerprint density at radius 3 is 1.58 bits per heavy atom. The van der Waals surface area contributed by atoms with Gasteiger partial charge in [0.25, 0.3) is 0 Å². The van der Waals surface area contributed by atoms with Gasteiger partial charge in [0.1, 0.15) is 11.2 Å². The third kappa shape index (κ3) is 5.51. The average Bonchev–Trinajstić information content (AvgIpc) is 4.04. The summed E-state index contributed by atoms with van der Waals surface area (Å²) in [6.07, 6.45) is 0. The Morgan fingerprint density at radius 2 is 0.859 bits per heavy atom. The van der Waals surface area contributed by atoms with Gasteiger partial charge in [-0.1, -0.05) is 176 Å². The largest absolute Gasteiger partial charge is 0.456 e. The quantitative estimate of drug-likeness (QED) is 0.159. The average molecular weight is 834 g/mol. The van der Waals surface area contributed by atoms with Crippen LogP contribution in [0.1, 0.15) is 22.3 Å². The molecule has 0 bridgehead atoms. The van der Waals surface area contributed by atoms with Crippen LogP contribution in [0, 0.1) is 0 Å². The second-order valence-electron chi connectivity index (χ2n) is 16.7. The number of fused-ring (bicyclic) bond motifs is 9. The topological polar surface area (TPSA) is 16.4 Å². The molecule has 2 aromatic heterocycles. The Kier molecular flexibility index (Phi) is 8.34. The van der Waals surface area contributed by atoms with Crippen LogP contribution in [0.15, 0.2) is 241 Å². The van der Waals surface area contributed by atoms with Crippen LogP contribution in [0.5, 0.6) is 0 Å². The van der Waals surface area contributed by atoms with E-state index in [1.807, 2.05) is 23.5 Å². The fourth-order valence-corrected chi connectivity index (χ4v) is 11.8. The van der Waals surface area contributed by atoms with Crippen molar-refractivity contribution in [1.82, 2.24) is 0 Å². The van der Waals surface area contributed by atoms with Crippen molar-refractivity contribution >= 4 is 70.5 Å². The molecule has 300 valence electrons. The van der Waals surface area contributed by atoms with Crippen molar-refractivity contribution in [2.45, 2.75) is 5.41 Å². The van der Waals surface area contributed by atoms with Crippen LogP contribution >= 0.6 is 11.3 Å². The van der Waals surface area contributed by atoms with Gasteiger partial charge in [0.2, 0.25) is 0 Å². The van der Waals surface area contributed by atoms with E-state index in [4.69, 9.17) is 4.42 Å². The second-order valence-corrected chi connectivity index (χ2v) is 17.8. The zero-order valence-electron chi connectivity index (χ0n) is 34.8. The van der Waals surface area contributed by atoms with Crippen LogP contribution in [0.3, 0.4) is 0 Å². The van der Waals surface area contributed by atoms with Crippen molar-refractivity contribution < 1.29 is 4.42 Å². The van der Waals surface area contributed by atoms with Gasteiger partial charge in [-0.25, -0.2) is 0 Å². The predicted octanol–water partition coefficient (Wildman–Crippen LogP) is 17.1. The normalized spacial score (nSPS) is 12.8. The minimum absolute atomic E-state index is 0.466. The summed E-state index contributed by atoms with van der Waals surface area (Å²) in [4.78, 5) is 2.41. The molecule has 13 rings (SSSR count). The molecule has 0 amide bonds. The number of benzene rings is 10. The first-order valence-electron chi connectivity index (χ1n) is 21.9. The fraction of sp³-hybridized carbons (Fsp3) is 0.0164. The molecule has 12 aromatic rings. The van der Waals surface area contributed by atoms with Gasteiger partial charge in [0.05, 0.1) is 5.41 Å². The van der Waals surface area contributed by atoms with E-state index in [0.717, 1.165) is 50.1 Å². The van der Waals surface area contributed by atoms with Crippen LogP contribution < -0.4 is 4.90 Å². The molecule has 0 spiro atoms. The molecule has 3 heteroatoms. The first-order valence-corrected chi connectivity index (χ1v) is 22.7. The van der Waals surface area contributed by atoms with Crippen molar-refractivity contribution in [3.05, 3.63) is 259 Å². The number of hydrogen-bond acceptors (Lipinski definition) is 3. The van der Waals surface area contributed by atoms with E-state index >= 15 is 0 Å². The van der Waals surface area contributed by atoms with Crippen LogP contribution in [-0.2, 0) is 5.41 Å². The summed E-state index contributed by atoms with van der Waals surface area (Å²) in [6.45, 7) is 0. The molecule has 10 aromatic carbocycles. The van der Waals surface area contributed by atoms with Crippen LogP contribution in [0.2, 0.25) is 0 Å². The Bertz CT molecular complexity index is 3520. The molecule has 0 atom stereocenters. The number of hydrogen-bond donors (Lipinski definition) is 0. The van der Waals surface area contributed by atoms with Crippen molar-refractivity contribution in [2.75, 3.05) is 4.90 Å². The minimum atomic E-state index is -0.466. The lowest BCUT2D eigenvalue weighted by molar-refractivity contribution is 0.669. The predicted molar refractivity (Wildman–Crippen MR) is 269 cm³/mol. The maximum Gasteiger partial charge on any atom is 0.136 e.